The van der Waals surface area contributed by atoms with Gasteiger partial charge in [-0.25, -0.2) is 0 Å². The minimum absolute atomic E-state index is 0.0768. The van der Waals surface area contributed by atoms with Crippen molar-refractivity contribution in [3.63, 3.8) is 0 Å². The van der Waals surface area contributed by atoms with Gasteiger partial charge >= 0.3 is 5.97 Å². The first-order valence-electron chi connectivity index (χ1n) is 8.06. The van der Waals surface area contributed by atoms with Crippen LogP contribution in [0.15, 0.2) is 30.3 Å². The molecule has 0 amide bonds. The summed E-state index contributed by atoms with van der Waals surface area (Å²) in [6.45, 7) is 4.07. The van der Waals surface area contributed by atoms with Crippen LogP contribution in [-0.2, 0) is 4.79 Å². The highest BCUT2D eigenvalue weighted by Gasteiger charge is 2.49. The zero-order chi connectivity index (χ0) is 16.3. The van der Waals surface area contributed by atoms with Gasteiger partial charge in [-0.05, 0) is 48.5 Å². The van der Waals surface area contributed by atoms with Gasteiger partial charge in [0.15, 0.2) is 0 Å². The minimum Gasteiger partial charge on any atom is -0.480 e. The van der Waals surface area contributed by atoms with Crippen LogP contribution in [0.3, 0.4) is 0 Å². The van der Waals surface area contributed by atoms with E-state index in [2.05, 4.69) is 12.1 Å². The average molecular weight is 305 g/mol. The third kappa shape index (κ3) is 3.33. The Kier molecular flexibility index (Phi) is 5.24. The second-order valence-electron chi connectivity index (χ2n) is 7.07. The zero-order valence-corrected chi connectivity index (χ0v) is 13.4. The van der Waals surface area contributed by atoms with Crippen LogP contribution in [0.2, 0.25) is 0 Å². The first-order valence-corrected chi connectivity index (χ1v) is 8.06. The summed E-state index contributed by atoms with van der Waals surface area (Å²) in [5, 5.41) is 19.4. The Morgan fingerprint density at radius 3 is 2.45 bits per heavy atom. The molecule has 0 saturated heterocycles. The van der Waals surface area contributed by atoms with Gasteiger partial charge in [0.05, 0.1) is 0 Å². The summed E-state index contributed by atoms with van der Waals surface area (Å²) in [6, 6.07) is 10.0. The molecule has 0 radical (unpaired) electrons. The fourth-order valence-corrected chi connectivity index (χ4v) is 3.96. The highest BCUT2D eigenvalue weighted by molar-refractivity contribution is 5.79. The van der Waals surface area contributed by atoms with Gasteiger partial charge in [-0.3, -0.25) is 4.79 Å². The summed E-state index contributed by atoms with van der Waals surface area (Å²) in [6.07, 6.45) is 1.86. The number of nitrogens with two attached hydrogens (primary N) is 1. The number of hydrogen-bond donors (Lipinski definition) is 3. The molecule has 4 heteroatoms. The van der Waals surface area contributed by atoms with Crippen molar-refractivity contribution in [1.29, 1.82) is 0 Å². The van der Waals surface area contributed by atoms with Crippen LogP contribution in [-0.4, -0.2) is 28.3 Å². The molecule has 0 heterocycles. The van der Waals surface area contributed by atoms with Gasteiger partial charge in [-0.15, -0.1) is 0 Å². The lowest BCUT2D eigenvalue weighted by Crippen LogP contribution is -2.54. The summed E-state index contributed by atoms with van der Waals surface area (Å²) in [5.74, 6) is -0.525. The predicted molar refractivity (Wildman–Crippen MR) is 86.5 cm³/mol. The van der Waals surface area contributed by atoms with E-state index < -0.39 is 11.5 Å². The van der Waals surface area contributed by atoms with Crippen molar-refractivity contribution in [2.75, 3.05) is 6.61 Å². The molecule has 1 aromatic carbocycles. The number of benzene rings is 1. The lowest BCUT2D eigenvalue weighted by molar-refractivity contribution is -0.146. The van der Waals surface area contributed by atoms with Crippen LogP contribution in [0, 0.1) is 17.8 Å². The number of carboxylic acid groups (broad SMARTS) is 1. The number of carbonyl (C=O) groups is 1. The fraction of sp³-hybridized carbons (Fsp3) is 0.611. The Morgan fingerprint density at radius 2 is 1.95 bits per heavy atom. The minimum atomic E-state index is -1.20. The van der Waals surface area contributed by atoms with E-state index >= 15 is 0 Å². The van der Waals surface area contributed by atoms with Crippen molar-refractivity contribution in [3.05, 3.63) is 35.9 Å². The molecule has 1 saturated carbocycles. The monoisotopic (exact) mass is 305 g/mol. The molecule has 122 valence electrons. The normalized spacial score (nSPS) is 27.8. The summed E-state index contributed by atoms with van der Waals surface area (Å²) >= 11 is 0. The van der Waals surface area contributed by atoms with Crippen molar-refractivity contribution in [2.45, 2.75) is 44.6 Å². The molecule has 2 rings (SSSR count). The Hall–Kier alpha value is -1.39. The van der Waals surface area contributed by atoms with E-state index in [1.165, 1.54) is 5.56 Å². The Morgan fingerprint density at radius 1 is 1.32 bits per heavy atom. The van der Waals surface area contributed by atoms with E-state index in [9.17, 15) is 15.0 Å². The van der Waals surface area contributed by atoms with Crippen molar-refractivity contribution in [1.82, 2.24) is 0 Å². The molecule has 1 aliphatic carbocycles. The van der Waals surface area contributed by atoms with Crippen molar-refractivity contribution >= 4 is 5.97 Å². The van der Waals surface area contributed by atoms with Gasteiger partial charge in [0.1, 0.15) is 5.54 Å². The zero-order valence-electron chi connectivity index (χ0n) is 13.4. The Bertz CT molecular complexity index is 502. The molecule has 1 aliphatic rings. The van der Waals surface area contributed by atoms with Gasteiger partial charge in [0.2, 0.25) is 0 Å². The first kappa shape index (κ1) is 17.0. The summed E-state index contributed by atoms with van der Waals surface area (Å²) < 4.78 is 0. The number of aliphatic hydroxyl groups excluding tert-OH is 1. The van der Waals surface area contributed by atoms with Crippen LogP contribution in [0.4, 0.5) is 0 Å². The van der Waals surface area contributed by atoms with Crippen molar-refractivity contribution in [3.8, 4) is 0 Å². The van der Waals surface area contributed by atoms with E-state index in [1.54, 1.807) is 0 Å². The number of carboxylic acids is 1. The highest BCUT2D eigenvalue weighted by Crippen LogP contribution is 2.47. The van der Waals surface area contributed by atoms with Crippen molar-refractivity contribution in [2.24, 2.45) is 23.5 Å². The van der Waals surface area contributed by atoms with Crippen LogP contribution < -0.4 is 5.73 Å². The van der Waals surface area contributed by atoms with Gasteiger partial charge in [-0.1, -0.05) is 44.2 Å². The van der Waals surface area contributed by atoms with Crippen LogP contribution in [0.1, 0.15) is 44.6 Å². The van der Waals surface area contributed by atoms with Crippen LogP contribution >= 0.6 is 0 Å². The third-order valence-corrected chi connectivity index (χ3v) is 5.03. The van der Waals surface area contributed by atoms with Gasteiger partial charge < -0.3 is 15.9 Å². The van der Waals surface area contributed by atoms with Gasteiger partial charge in [-0.2, -0.15) is 0 Å². The molecule has 0 spiro atoms. The molecule has 22 heavy (non-hydrogen) atoms. The first-order chi connectivity index (χ1) is 10.4. The molecule has 4 N–H and O–H groups in total. The van der Waals surface area contributed by atoms with E-state index in [0.717, 1.165) is 6.42 Å². The predicted octanol–water partition coefficient (Wildman–Crippen LogP) is 2.62. The van der Waals surface area contributed by atoms with Gasteiger partial charge in [0.25, 0.3) is 0 Å². The molecular formula is C18H27NO3. The molecule has 4 atom stereocenters. The maximum atomic E-state index is 11.8. The average Bonchev–Trinajstić information content (AvgIpc) is 2.92. The third-order valence-electron chi connectivity index (χ3n) is 5.03. The largest absolute Gasteiger partial charge is 0.480 e. The Labute approximate surface area is 132 Å². The molecular weight excluding hydrogens is 278 g/mol. The summed E-state index contributed by atoms with van der Waals surface area (Å²) in [7, 11) is 0. The quantitative estimate of drug-likeness (QED) is 0.754. The molecule has 0 bridgehead atoms. The molecule has 4 nitrogen and oxygen atoms in total. The van der Waals surface area contributed by atoms with Crippen LogP contribution in [0.5, 0.6) is 0 Å². The lowest BCUT2D eigenvalue weighted by atomic mass is 9.77. The SMILES string of the molecule is CC(C)C[C@@](N)(C(=O)O)C1CC(CO)C(c2ccccc2)C1. The van der Waals surface area contributed by atoms with Crippen LogP contribution in [0.25, 0.3) is 0 Å². The summed E-state index contributed by atoms with van der Waals surface area (Å²) in [5.41, 5.74) is 6.29. The molecule has 0 aromatic heterocycles. The van der Waals surface area contributed by atoms with E-state index in [0.29, 0.717) is 12.8 Å². The number of aliphatic hydroxyl groups is 1. The highest BCUT2D eigenvalue weighted by atomic mass is 16.4. The smallest absolute Gasteiger partial charge is 0.323 e. The van der Waals surface area contributed by atoms with E-state index in [-0.39, 0.29) is 30.3 Å². The standard InChI is InChI=1S/C18H27NO3/c1-12(2)10-18(19,17(21)22)15-8-14(11-20)16(9-15)13-6-4-3-5-7-13/h3-7,12,14-16,20H,8-11,19H2,1-2H3,(H,21,22)/t14?,15?,16?,18-/m0/s1. The molecule has 0 aliphatic heterocycles. The second kappa shape index (κ2) is 6.80. The summed E-state index contributed by atoms with van der Waals surface area (Å²) in [4.78, 5) is 11.8. The van der Waals surface area contributed by atoms with Gasteiger partial charge in [0, 0.05) is 6.61 Å². The number of hydrogen-bond acceptors (Lipinski definition) is 3. The van der Waals surface area contributed by atoms with Crippen molar-refractivity contribution < 1.29 is 15.0 Å². The number of aliphatic carboxylic acids is 1. The maximum absolute atomic E-state index is 11.8. The maximum Gasteiger partial charge on any atom is 0.323 e. The lowest BCUT2D eigenvalue weighted by Gasteiger charge is -2.33. The second-order valence-corrected chi connectivity index (χ2v) is 7.07. The molecule has 1 aromatic rings. The topological polar surface area (TPSA) is 83.6 Å². The molecule has 3 unspecified atom stereocenters. The number of rotatable bonds is 6. The van der Waals surface area contributed by atoms with E-state index in [1.807, 2.05) is 32.0 Å². The van der Waals surface area contributed by atoms with E-state index in [4.69, 9.17) is 5.73 Å². The Balaban J connectivity index is 2.25. The molecule has 1 fully saturated rings. The fourth-order valence-electron chi connectivity index (χ4n) is 3.96.